The van der Waals surface area contributed by atoms with Crippen LogP contribution in [0.1, 0.15) is 12.0 Å². The van der Waals surface area contributed by atoms with Crippen LogP contribution in [0.25, 0.3) is 10.9 Å². The lowest BCUT2D eigenvalue weighted by Gasteiger charge is -2.11. The summed E-state index contributed by atoms with van der Waals surface area (Å²) >= 11 is 1.83. The van der Waals surface area contributed by atoms with Gasteiger partial charge in [0.05, 0.1) is 0 Å². The van der Waals surface area contributed by atoms with Gasteiger partial charge in [-0.25, -0.2) is 0 Å². The van der Waals surface area contributed by atoms with Crippen LogP contribution in [-0.2, 0) is 6.42 Å². The minimum Gasteiger partial charge on any atom is -0.361 e. The van der Waals surface area contributed by atoms with Gasteiger partial charge in [-0.1, -0.05) is 18.2 Å². The van der Waals surface area contributed by atoms with Crippen LogP contribution in [0.5, 0.6) is 0 Å². The Kier molecular flexibility index (Phi) is 6.47. The van der Waals surface area contributed by atoms with E-state index >= 15 is 0 Å². The van der Waals surface area contributed by atoms with Gasteiger partial charge < -0.3 is 15.6 Å². The number of hydrogen-bond acceptors (Lipinski definition) is 2. The van der Waals surface area contributed by atoms with Gasteiger partial charge >= 0.3 is 0 Å². The molecule has 1 aromatic heterocycles. The Morgan fingerprint density at radius 2 is 2.05 bits per heavy atom. The molecule has 0 aliphatic heterocycles. The van der Waals surface area contributed by atoms with Crippen molar-refractivity contribution in [1.29, 1.82) is 0 Å². The minimum atomic E-state index is 0.892. The van der Waals surface area contributed by atoms with E-state index in [1.54, 1.807) is 0 Å². The topological polar surface area (TPSA) is 52.2 Å². The van der Waals surface area contributed by atoms with Crippen molar-refractivity contribution in [2.75, 3.05) is 32.1 Å². The summed E-state index contributed by atoms with van der Waals surface area (Å²) in [4.78, 5) is 7.55. The van der Waals surface area contributed by atoms with Crippen molar-refractivity contribution in [3.8, 4) is 0 Å². The Morgan fingerprint density at radius 1 is 1.24 bits per heavy atom. The first-order valence-corrected chi connectivity index (χ1v) is 8.73. The third kappa shape index (κ3) is 4.70. The fourth-order valence-corrected chi connectivity index (χ4v) is 2.62. The van der Waals surface area contributed by atoms with Crippen LogP contribution < -0.4 is 10.6 Å². The quantitative estimate of drug-likeness (QED) is 0.419. The first kappa shape index (κ1) is 15.8. The number of fused-ring (bicyclic) bond motifs is 1. The van der Waals surface area contributed by atoms with Gasteiger partial charge in [0.1, 0.15) is 0 Å². The summed E-state index contributed by atoms with van der Waals surface area (Å²) in [5.74, 6) is 1.98. The van der Waals surface area contributed by atoms with E-state index in [9.17, 15) is 0 Å². The number of nitrogens with one attached hydrogen (secondary N) is 3. The Bertz CT molecular complexity index is 576. The average molecular weight is 304 g/mol. The number of H-pyrrole nitrogens is 1. The summed E-state index contributed by atoms with van der Waals surface area (Å²) in [6.07, 6.45) is 6.39. The predicted molar refractivity (Wildman–Crippen MR) is 94.4 cm³/mol. The van der Waals surface area contributed by atoms with Crippen LogP contribution >= 0.6 is 11.8 Å². The van der Waals surface area contributed by atoms with E-state index < -0.39 is 0 Å². The Balaban J connectivity index is 1.74. The molecule has 2 aromatic rings. The third-order valence-corrected chi connectivity index (χ3v) is 4.02. The molecule has 0 amide bonds. The van der Waals surface area contributed by atoms with Gasteiger partial charge in [0.25, 0.3) is 0 Å². The summed E-state index contributed by atoms with van der Waals surface area (Å²) in [5.41, 5.74) is 2.60. The largest absolute Gasteiger partial charge is 0.361 e. The number of aromatic amines is 1. The van der Waals surface area contributed by atoms with Gasteiger partial charge in [0, 0.05) is 43.0 Å². The lowest BCUT2D eigenvalue weighted by atomic mass is 10.1. The molecule has 0 aliphatic carbocycles. The number of thioether (sulfide) groups is 1. The number of nitrogens with zero attached hydrogens (tertiary/aromatic N) is 1. The first-order valence-electron chi connectivity index (χ1n) is 7.33. The molecule has 21 heavy (non-hydrogen) atoms. The van der Waals surface area contributed by atoms with Crippen molar-refractivity contribution in [2.24, 2.45) is 4.99 Å². The van der Waals surface area contributed by atoms with Crippen molar-refractivity contribution in [2.45, 2.75) is 12.8 Å². The molecule has 0 fully saturated rings. The van der Waals surface area contributed by atoms with Gasteiger partial charge in [0.15, 0.2) is 5.96 Å². The van der Waals surface area contributed by atoms with E-state index in [1.807, 2.05) is 18.8 Å². The maximum atomic E-state index is 4.22. The van der Waals surface area contributed by atoms with Crippen molar-refractivity contribution in [1.82, 2.24) is 15.6 Å². The molecule has 0 spiro atoms. The Morgan fingerprint density at radius 3 is 2.86 bits per heavy atom. The van der Waals surface area contributed by atoms with E-state index in [0.717, 1.165) is 37.6 Å². The van der Waals surface area contributed by atoms with Crippen molar-refractivity contribution in [3.05, 3.63) is 36.0 Å². The van der Waals surface area contributed by atoms with E-state index in [-0.39, 0.29) is 0 Å². The molecule has 4 nitrogen and oxygen atoms in total. The fourth-order valence-electron chi connectivity index (χ4n) is 2.32. The molecule has 1 heterocycles. The van der Waals surface area contributed by atoms with Crippen LogP contribution in [0.15, 0.2) is 35.5 Å². The van der Waals surface area contributed by atoms with Gasteiger partial charge in [-0.15, -0.1) is 0 Å². The summed E-state index contributed by atoms with van der Waals surface area (Å²) in [6, 6.07) is 8.45. The monoisotopic (exact) mass is 304 g/mol. The second-order valence-electron chi connectivity index (χ2n) is 4.88. The maximum Gasteiger partial charge on any atom is 0.191 e. The highest BCUT2D eigenvalue weighted by molar-refractivity contribution is 7.98. The highest BCUT2D eigenvalue weighted by atomic mass is 32.2. The molecule has 1 aromatic carbocycles. The van der Waals surface area contributed by atoms with Crippen LogP contribution in [-0.4, -0.2) is 43.1 Å². The number of aryl methyl sites for hydroxylation is 1. The van der Waals surface area contributed by atoms with E-state index in [4.69, 9.17) is 0 Å². The average Bonchev–Trinajstić information content (AvgIpc) is 2.93. The molecule has 0 atom stereocenters. The highest BCUT2D eigenvalue weighted by Crippen LogP contribution is 2.18. The second kappa shape index (κ2) is 8.62. The zero-order chi connectivity index (χ0) is 14.9. The number of para-hydroxylation sites is 1. The molecule has 114 valence electrons. The fraction of sp³-hybridized carbons (Fsp3) is 0.438. The molecule has 3 N–H and O–H groups in total. The van der Waals surface area contributed by atoms with Gasteiger partial charge in [-0.2, -0.15) is 11.8 Å². The number of guanidine groups is 1. The maximum absolute atomic E-state index is 4.22. The number of rotatable bonds is 7. The molecular weight excluding hydrogens is 280 g/mol. The van der Waals surface area contributed by atoms with Crippen LogP contribution in [0, 0.1) is 0 Å². The first-order chi connectivity index (χ1) is 10.3. The molecular formula is C16H24N4S. The molecule has 0 radical (unpaired) electrons. The summed E-state index contributed by atoms with van der Waals surface area (Å²) in [6.45, 7) is 1.88. The Hall–Kier alpha value is -1.62. The van der Waals surface area contributed by atoms with Crippen molar-refractivity contribution < 1.29 is 0 Å². The van der Waals surface area contributed by atoms with Crippen LogP contribution in [0.2, 0.25) is 0 Å². The van der Waals surface area contributed by atoms with Gasteiger partial charge in [0.2, 0.25) is 0 Å². The smallest absolute Gasteiger partial charge is 0.191 e. The minimum absolute atomic E-state index is 0.892. The second-order valence-corrected chi connectivity index (χ2v) is 5.87. The molecule has 0 saturated heterocycles. The van der Waals surface area contributed by atoms with Crippen molar-refractivity contribution in [3.63, 3.8) is 0 Å². The third-order valence-electron chi connectivity index (χ3n) is 3.41. The molecule has 0 aliphatic rings. The molecule has 0 saturated carbocycles. The van der Waals surface area contributed by atoms with Crippen molar-refractivity contribution >= 4 is 28.6 Å². The zero-order valence-electron chi connectivity index (χ0n) is 12.8. The number of benzene rings is 1. The van der Waals surface area contributed by atoms with E-state index in [0.29, 0.717) is 0 Å². The molecule has 2 rings (SSSR count). The van der Waals surface area contributed by atoms with Crippen LogP contribution in [0.3, 0.4) is 0 Å². The number of aromatic nitrogens is 1. The molecule has 0 unspecified atom stereocenters. The number of aliphatic imine (C=N–C) groups is 1. The van der Waals surface area contributed by atoms with Gasteiger partial charge in [-0.05, 0) is 30.7 Å². The van der Waals surface area contributed by atoms with Gasteiger partial charge in [-0.3, -0.25) is 4.99 Å². The molecule has 0 bridgehead atoms. The van der Waals surface area contributed by atoms with E-state index in [1.165, 1.54) is 16.5 Å². The summed E-state index contributed by atoms with van der Waals surface area (Å²) in [7, 11) is 1.81. The summed E-state index contributed by atoms with van der Waals surface area (Å²) < 4.78 is 0. The Labute approximate surface area is 130 Å². The lowest BCUT2D eigenvalue weighted by molar-refractivity contribution is 0.751. The highest BCUT2D eigenvalue weighted by Gasteiger charge is 2.02. The number of hydrogen-bond donors (Lipinski definition) is 3. The normalized spacial score (nSPS) is 11.8. The molecule has 5 heteroatoms. The lowest BCUT2D eigenvalue weighted by Crippen LogP contribution is -2.38. The van der Waals surface area contributed by atoms with E-state index in [2.05, 4.69) is 57.3 Å². The predicted octanol–water partition coefficient (Wildman–Crippen LogP) is 2.63. The SMILES string of the molecule is CN=C(NCCCc1c[nH]c2ccccc12)NCCSC. The summed E-state index contributed by atoms with van der Waals surface area (Å²) in [5, 5.41) is 8.00. The van der Waals surface area contributed by atoms with Crippen LogP contribution in [0.4, 0.5) is 0 Å². The standard InChI is InChI=1S/C16H24N4S/c1-17-16(19-10-11-21-2)18-9-5-6-13-12-20-15-8-4-3-7-14(13)15/h3-4,7-8,12,20H,5-6,9-11H2,1-2H3,(H2,17,18,19). The zero-order valence-corrected chi connectivity index (χ0v) is 13.6.